The van der Waals surface area contributed by atoms with Gasteiger partial charge in [-0.1, -0.05) is 60.7 Å². The van der Waals surface area contributed by atoms with Gasteiger partial charge in [0.15, 0.2) is 0 Å². The lowest BCUT2D eigenvalue weighted by Gasteiger charge is -2.36. The van der Waals surface area contributed by atoms with Crippen molar-refractivity contribution in [3.05, 3.63) is 107 Å². The van der Waals surface area contributed by atoms with Gasteiger partial charge in [-0.3, -0.25) is 14.5 Å². The number of benzene rings is 2. The Kier molecular flexibility index (Phi) is 9.08. The number of piperazine rings is 1. The molecule has 8 nitrogen and oxygen atoms in total. The van der Waals surface area contributed by atoms with E-state index in [0.717, 1.165) is 73.8 Å². The molecule has 3 aromatic rings. The Morgan fingerprint density at radius 1 is 0.867 bits per heavy atom. The molecule has 1 fully saturated rings. The fourth-order valence-electron chi connectivity index (χ4n) is 6.87. The predicted molar refractivity (Wildman–Crippen MR) is 179 cm³/mol. The molecule has 3 heterocycles. The van der Waals surface area contributed by atoms with Crippen LogP contribution in [0.3, 0.4) is 0 Å². The largest absolute Gasteiger partial charge is 0.373 e. The molecule has 0 bridgehead atoms. The summed E-state index contributed by atoms with van der Waals surface area (Å²) in [5.74, 6) is 0.0258. The first kappa shape index (κ1) is 31.0. The number of aromatic nitrogens is 1. The molecule has 3 aliphatic rings. The quantitative estimate of drug-likeness (QED) is 0.364. The zero-order valence-corrected chi connectivity index (χ0v) is 27.0. The SMILES string of the molecule is COC1(C)CC(C(=O)N2Cc3ccc(C(=O)N4CCN(CCCN(C)C)CC4)n3Cc3ccccc32)=CC=C1c1ccccc1. The predicted octanol–water partition coefficient (Wildman–Crippen LogP) is 4.91. The van der Waals surface area contributed by atoms with Crippen molar-refractivity contribution in [1.29, 1.82) is 0 Å². The van der Waals surface area contributed by atoms with Crippen molar-refractivity contribution in [1.82, 2.24) is 19.3 Å². The minimum Gasteiger partial charge on any atom is -0.373 e. The summed E-state index contributed by atoms with van der Waals surface area (Å²) < 4.78 is 8.17. The highest BCUT2D eigenvalue weighted by molar-refractivity contribution is 6.07. The maximum Gasteiger partial charge on any atom is 0.270 e. The first-order valence-corrected chi connectivity index (χ1v) is 16.0. The smallest absolute Gasteiger partial charge is 0.270 e. The molecular weight excluding hydrogens is 562 g/mol. The molecule has 45 heavy (non-hydrogen) atoms. The number of nitrogens with zero attached hydrogens (tertiary/aromatic N) is 5. The van der Waals surface area contributed by atoms with Gasteiger partial charge in [0.05, 0.1) is 18.7 Å². The molecule has 236 valence electrons. The summed E-state index contributed by atoms with van der Waals surface area (Å²) in [6, 6.07) is 22.2. The third-order valence-corrected chi connectivity index (χ3v) is 9.56. The van der Waals surface area contributed by atoms with E-state index in [4.69, 9.17) is 4.74 Å². The van der Waals surface area contributed by atoms with Crippen LogP contribution in [0.5, 0.6) is 0 Å². The third-order valence-electron chi connectivity index (χ3n) is 9.56. The summed E-state index contributed by atoms with van der Waals surface area (Å²) >= 11 is 0. The number of para-hydroxylation sites is 1. The van der Waals surface area contributed by atoms with Gasteiger partial charge in [-0.05, 0) is 75.4 Å². The summed E-state index contributed by atoms with van der Waals surface area (Å²) in [5.41, 5.74) is 5.76. The van der Waals surface area contributed by atoms with Gasteiger partial charge in [-0.2, -0.15) is 0 Å². The first-order chi connectivity index (χ1) is 21.8. The highest BCUT2D eigenvalue weighted by atomic mass is 16.5. The van der Waals surface area contributed by atoms with Crippen LogP contribution in [0.15, 0.2) is 84.5 Å². The molecule has 2 amide bonds. The molecule has 2 aromatic carbocycles. The number of hydrogen-bond donors (Lipinski definition) is 0. The molecule has 1 aromatic heterocycles. The first-order valence-electron chi connectivity index (χ1n) is 16.0. The molecule has 0 spiro atoms. The second kappa shape index (κ2) is 13.2. The maximum absolute atomic E-state index is 14.3. The van der Waals surface area contributed by atoms with Gasteiger partial charge in [0.1, 0.15) is 5.69 Å². The molecule has 1 saturated heterocycles. The van der Waals surface area contributed by atoms with Crippen molar-refractivity contribution in [3.8, 4) is 0 Å². The molecule has 1 atom stereocenters. The Morgan fingerprint density at radius 3 is 2.33 bits per heavy atom. The Hall–Kier alpha value is -3.98. The number of allylic oxidation sites excluding steroid dienone is 2. The normalized spacial score (nSPS) is 20.3. The minimum absolute atomic E-state index is 0.0398. The van der Waals surface area contributed by atoms with E-state index in [1.165, 1.54) is 0 Å². The van der Waals surface area contributed by atoms with Gasteiger partial charge < -0.3 is 24.0 Å². The van der Waals surface area contributed by atoms with E-state index in [9.17, 15) is 9.59 Å². The number of carbonyl (C=O) groups is 2. The summed E-state index contributed by atoms with van der Waals surface area (Å²) in [4.78, 5) is 36.7. The van der Waals surface area contributed by atoms with Crippen LogP contribution in [0, 0.1) is 0 Å². The van der Waals surface area contributed by atoms with Crippen molar-refractivity contribution in [3.63, 3.8) is 0 Å². The van der Waals surface area contributed by atoms with Crippen LogP contribution in [0.25, 0.3) is 5.57 Å². The number of anilines is 1. The Bertz CT molecular complexity index is 1600. The van der Waals surface area contributed by atoms with Crippen LogP contribution in [-0.4, -0.2) is 97.2 Å². The number of ether oxygens (including phenoxy) is 1. The van der Waals surface area contributed by atoms with Crippen LogP contribution < -0.4 is 4.90 Å². The molecule has 8 heteroatoms. The van der Waals surface area contributed by atoms with E-state index in [2.05, 4.69) is 53.6 Å². The fraction of sp³-hybridized carbons (Fsp3) is 0.405. The number of hydrogen-bond acceptors (Lipinski definition) is 5. The van der Waals surface area contributed by atoms with Gasteiger partial charge in [0.25, 0.3) is 11.8 Å². The number of fused-ring (bicyclic) bond motifs is 2. The van der Waals surface area contributed by atoms with Crippen molar-refractivity contribution in [2.24, 2.45) is 0 Å². The van der Waals surface area contributed by atoms with E-state index in [-0.39, 0.29) is 11.8 Å². The topological polar surface area (TPSA) is 61.3 Å². The zero-order chi connectivity index (χ0) is 31.6. The van der Waals surface area contributed by atoms with Crippen molar-refractivity contribution < 1.29 is 14.3 Å². The van der Waals surface area contributed by atoms with Crippen molar-refractivity contribution >= 4 is 23.1 Å². The second-order valence-electron chi connectivity index (χ2n) is 12.9. The zero-order valence-electron chi connectivity index (χ0n) is 27.0. The van der Waals surface area contributed by atoms with Gasteiger partial charge in [-0.15, -0.1) is 0 Å². The summed E-state index contributed by atoms with van der Waals surface area (Å²) in [5, 5.41) is 0. The van der Waals surface area contributed by atoms with Gasteiger partial charge >= 0.3 is 0 Å². The second-order valence-corrected chi connectivity index (χ2v) is 12.9. The van der Waals surface area contributed by atoms with E-state index in [0.29, 0.717) is 30.8 Å². The van der Waals surface area contributed by atoms with Crippen LogP contribution in [0.2, 0.25) is 0 Å². The third kappa shape index (κ3) is 6.41. The summed E-state index contributed by atoms with van der Waals surface area (Å²) in [7, 11) is 5.92. The molecule has 0 radical (unpaired) electrons. The maximum atomic E-state index is 14.3. The summed E-state index contributed by atoms with van der Waals surface area (Å²) in [6.07, 6.45) is 5.58. The Balaban J connectivity index is 1.23. The van der Waals surface area contributed by atoms with Crippen molar-refractivity contribution in [2.45, 2.75) is 38.5 Å². The average molecular weight is 608 g/mol. The minimum atomic E-state index is -0.636. The number of rotatable bonds is 8. The van der Waals surface area contributed by atoms with Gasteiger partial charge in [-0.25, -0.2) is 0 Å². The fourth-order valence-corrected chi connectivity index (χ4v) is 6.87. The Labute approximate surface area is 267 Å². The molecule has 1 aliphatic carbocycles. The monoisotopic (exact) mass is 607 g/mol. The van der Waals surface area contributed by atoms with Crippen LogP contribution in [0.1, 0.15) is 47.1 Å². The van der Waals surface area contributed by atoms with Crippen molar-refractivity contribution in [2.75, 3.05) is 65.4 Å². The highest BCUT2D eigenvalue weighted by Gasteiger charge is 2.37. The molecule has 2 aliphatic heterocycles. The van der Waals surface area contributed by atoms with E-state index < -0.39 is 5.60 Å². The highest BCUT2D eigenvalue weighted by Crippen LogP contribution is 2.40. The average Bonchev–Trinajstić information content (AvgIpc) is 3.37. The van der Waals surface area contributed by atoms with Gasteiger partial charge in [0.2, 0.25) is 0 Å². The number of carbonyl (C=O) groups excluding carboxylic acids is 2. The lowest BCUT2D eigenvalue weighted by atomic mass is 9.80. The van der Waals surface area contributed by atoms with Gasteiger partial charge in [0, 0.05) is 56.7 Å². The lowest BCUT2D eigenvalue weighted by molar-refractivity contribution is -0.116. The van der Waals surface area contributed by atoms with Crippen LogP contribution >= 0.6 is 0 Å². The Morgan fingerprint density at radius 2 is 1.60 bits per heavy atom. The molecule has 6 rings (SSSR count). The lowest BCUT2D eigenvalue weighted by Crippen LogP contribution is -2.49. The van der Waals surface area contributed by atoms with E-state index in [1.807, 2.05) is 70.5 Å². The van der Waals surface area contributed by atoms with E-state index in [1.54, 1.807) is 7.11 Å². The standard InChI is InChI=1S/C37H45N5O3/c1-37(45-4)25-29(15-17-32(37)28-11-6-5-7-12-28)35(43)42-27-31-16-18-34(41(31)26-30-13-8-9-14-33(30)42)36(44)40-23-21-39(22-24-40)20-10-19-38(2)3/h5-9,11-18H,10,19-27H2,1-4H3. The number of amides is 2. The van der Waals surface area contributed by atoms with Crippen LogP contribution in [0.4, 0.5) is 5.69 Å². The molecule has 1 unspecified atom stereocenters. The number of methoxy groups -OCH3 is 1. The molecule has 0 saturated carbocycles. The molecular formula is C37H45N5O3. The van der Waals surface area contributed by atoms with Crippen LogP contribution in [-0.2, 0) is 22.6 Å². The molecule has 0 N–H and O–H groups in total. The summed E-state index contributed by atoms with van der Waals surface area (Å²) in [6.45, 7) is 8.37. The van der Waals surface area contributed by atoms with E-state index >= 15 is 0 Å².